The van der Waals surface area contributed by atoms with E-state index >= 15 is 0 Å². The summed E-state index contributed by atoms with van der Waals surface area (Å²) in [5, 5.41) is 0. The molecule has 3 nitrogen and oxygen atoms in total. The number of nitrogens with zero attached hydrogens (tertiary/aromatic N) is 1. The van der Waals surface area contributed by atoms with Gasteiger partial charge in [0, 0.05) is 17.4 Å². The highest BCUT2D eigenvalue weighted by atomic mass is 16.1. The topological polar surface area (TPSA) is 48.0 Å². The first-order valence-corrected chi connectivity index (χ1v) is 9.63. The van der Waals surface area contributed by atoms with Gasteiger partial charge < -0.3 is 10.3 Å². The molecule has 1 aromatic carbocycles. The molecular weight excluding hydrogens is 320 g/mol. The normalized spacial score (nSPS) is 18.0. The fourth-order valence-corrected chi connectivity index (χ4v) is 4.51. The van der Waals surface area contributed by atoms with Crippen molar-refractivity contribution in [2.75, 3.05) is 0 Å². The van der Waals surface area contributed by atoms with Crippen molar-refractivity contribution in [3.8, 4) is 11.3 Å². The van der Waals surface area contributed by atoms with Crippen molar-refractivity contribution >= 4 is 5.91 Å². The second-order valence-electron chi connectivity index (χ2n) is 9.38. The summed E-state index contributed by atoms with van der Waals surface area (Å²) in [7, 11) is 0. The van der Waals surface area contributed by atoms with Gasteiger partial charge in [0.2, 0.25) is 0 Å². The van der Waals surface area contributed by atoms with Crippen LogP contribution in [0.3, 0.4) is 0 Å². The lowest BCUT2D eigenvalue weighted by Gasteiger charge is -2.42. The van der Waals surface area contributed by atoms with E-state index in [1.165, 1.54) is 29.5 Å². The van der Waals surface area contributed by atoms with Crippen LogP contribution < -0.4 is 5.73 Å². The summed E-state index contributed by atoms with van der Waals surface area (Å²) >= 11 is 0. The Balaban J connectivity index is 2.24. The van der Waals surface area contributed by atoms with E-state index in [-0.39, 0.29) is 22.8 Å². The van der Waals surface area contributed by atoms with Crippen molar-refractivity contribution < 1.29 is 4.79 Å². The molecule has 0 atom stereocenters. The molecule has 1 amide bonds. The zero-order chi connectivity index (χ0) is 19.4. The average Bonchev–Trinajstić information content (AvgIpc) is 2.89. The van der Waals surface area contributed by atoms with Gasteiger partial charge in [-0.25, -0.2) is 0 Å². The van der Waals surface area contributed by atoms with Gasteiger partial charge in [0.25, 0.3) is 5.91 Å². The fourth-order valence-electron chi connectivity index (χ4n) is 4.51. The van der Waals surface area contributed by atoms with Gasteiger partial charge in [-0.3, -0.25) is 4.79 Å². The molecule has 3 heteroatoms. The minimum Gasteiger partial charge on any atom is -0.366 e. The SMILES string of the molecule is Cc1c(C(N)=O)cc(-c2ccc3c(c2)C(C)(C)CCC3(C)C)n1C(C)C. The third kappa shape index (κ3) is 2.87. The number of fused-ring (bicyclic) bond motifs is 1. The zero-order valence-electron chi connectivity index (χ0n) is 17.2. The van der Waals surface area contributed by atoms with E-state index in [0.717, 1.165) is 11.4 Å². The van der Waals surface area contributed by atoms with Crippen LogP contribution in [0.2, 0.25) is 0 Å². The van der Waals surface area contributed by atoms with Crippen molar-refractivity contribution in [3.05, 3.63) is 46.6 Å². The van der Waals surface area contributed by atoms with Crippen LogP contribution >= 0.6 is 0 Å². The number of carbonyl (C=O) groups is 1. The fraction of sp³-hybridized carbons (Fsp3) is 0.522. The Labute approximate surface area is 157 Å². The highest BCUT2D eigenvalue weighted by Gasteiger charge is 2.37. The molecule has 2 aromatic rings. The summed E-state index contributed by atoms with van der Waals surface area (Å²) in [6, 6.07) is 9.07. The van der Waals surface area contributed by atoms with Crippen LogP contribution in [-0.2, 0) is 10.8 Å². The first kappa shape index (κ1) is 18.8. The summed E-state index contributed by atoms with van der Waals surface area (Å²) in [6.07, 6.45) is 2.40. The van der Waals surface area contributed by atoms with Crippen molar-refractivity contribution in [2.24, 2.45) is 5.73 Å². The quantitative estimate of drug-likeness (QED) is 0.780. The molecule has 140 valence electrons. The molecule has 0 aliphatic heterocycles. The Bertz CT molecular complexity index is 869. The summed E-state index contributed by atoms with van der Waals surface area (Å²) < 4.78 is 2.22. The molecule has 0 bridgehead atoms. The van der Waals surface area contributed by atoms with Crippen molar-refractivity contribution in [1.82, 2.24) is 4.57 Å². The molecule has 0 spiro atoms. The molecule has 0 saturated heterocycles. The van der Waals surface area contributed by atoms with Gasteiger partial charge in [-0.2, -0.15) is 0 Å². The molecule has 1 heterocycles. The van der Waals surface area contributed by atoms with E-state index in [9.17, 15) is 4.79 Å². The smallest absolute Gasteiger partial charge is 0.250 e. The number of primary amides is 1. The lowest BCUT2D eigenvalue weighted by molar-refractivity contribution is 0.0999. The van der Waals surface area contributed by atoms with Crippen LogP contribution in [0.15, 0.2) is 24.3 Å². The number of hydrogen-bond donors (Lipinski definition) is 1. The Hall–Kier alpha value is -2.03. The van der Waals surface area contributed by atoms with Gasteiger partial charge in [0.05, 0.1) is 5.56 Å². The van der Waals surface area contributed by atoms with Gasteiger partial charge in [-0.1, -0.05) is 39.8 Å². The summed E-state index contributed by atoms with van der Waals surface area (Å²) in [5.74, 6) is -0.359. The molecule has 2 N–H and O–H groups in total. The van der Waals surface area contributed by atoms with Crippen molar-refractivity contribution in [2.45, 2.75) is 78.2 Å². The average molecular weight is 353 g/mol. The van der Waals surface area contributed by atoms with E-state index in [2.05, 4.69) is 64.3 Å². The van der Waals surface area contributed by atoms with Gasteiger partial charge in [0.1, 0.15) is 0 Å². The van der Waals surface area contributed by atoms with Gasteiger partial charge >= 0.3 is 0 Å². The van der Waals surface area contributed by atoms with Crippen molar-refractivity contribution in [1.29, 1.82) is 0 Å². The number of amides is 1. The monoisotopic (exact) mass is 352 g/mol. The second kappa shape index (κ2) is 6.00. The maximum atomic E-state index is 11.9. The molecule has 1 aromatic heterocycles. The van der Waals surface area contributed by atoms with E-state index in [1.807, 2.05) is 13.0 Å². The lowest BCUT2D eigenvalue weighted by Crippen LogP contribution is -2.33. The van der Waals surface area contributed by atoms with E-state index in [1.54, 1.807) is 0 Å². The molecule has 3 rings (SSSR count). The zero-order valence-corrected chi connectivity index (χ0v) is 17.2. The molecular formula is C23H32N2O. The first-order valence-electron chi connectivity index (χ1n) is 9.63. The van der Waals surface area contributed by atoms with Crippen LogP contribution in [0.4, 0.5) is 0 Å². The number of benzene rings is 1. The maximum Gasteiger partial charge on any atom is 0.250 e. The predicted octanol–water partition coefficient (Wildman–Crippen LogP) is 5.49. The number of nitrogens with two attached hydrogens (primary N) is 1. The molecule has 0 fully saturated rings. The predicted molar refractivity (Wildman–Crippen MR) is 109 cm³/mol. The number of aromatic nitrogens is 1. The Kier molecular flexibility index (Phi) is 4.33. The number of hydrogen-bond acceptors (Lipinski definition) is 1. The molecule has 0 unspecified atom stereocenters. The van der Waals surface area contributed by atoms with E-state index < -0.39 is 0 Å². The molecule has 1 aliphatic rings. The first-order chi connectivity index (χ1) is 12.0. The molecule has 26 heavy (non-hydrogen) atoms. The standard InChI is InChI=1S/C23H32N2O/c1-14(2)25-15(3)17(21(24)26)13-20(25)16-8-9-18-19(12-16)23(6,7)11-10-22(18,4)5/h8-9,12-14H,10-11H2,1-7H3,(H2,24,26). The van der Waals surface area contributed by atoms with E-state index in [0.29, 0.717) is 5.56 Å². The number of carbonyl (C=O) groups excluding carboxylic acids is 1. The van der Waals surface area contributed by atoms with Crippen LogP contribution in [0.25, 0.3) is 11.3 Å². The number of rotatable bonds is 3. The second-order valence-corrected chi connectivity index (χ2v) is 9.38. The van der Waals surface area contributed by atoms with Gasteiger partial charge in [0.15, 0.2) is 0 Å². The van der Waals surface area contributed by atoms with E-state index in [4.69, 9.17) is 5.73 Å². The summed E-state index contributed by atoms with van der Waals surface area (Å²) in [4.78, 5) is 11.9. The Morgan fingerprint density at radius 3 is 2.15 bits per heavy atom. The molecule has 0 saturated carbocycles. The minimum atomic E-state index is -0.359. The third-order valence-electron chi connectivity index (χ3n) is 6.22. The van der Waals surface area contributed by atoms with Gasteiger partial charge in [-0.15, -0.1) is 0 Å². The van der Waals surface area contributed by atoms with Crippen molar-refractivity contribution in [3.63, 3.8) is 0 Å². The maximum absolute atomic E-state index is 11.9. The summed E-state index contributed by atoms with van der Waals surface area (Å²) in [6.45, 7) is 15.6. The molecule has 0 radical (unpaired) electrons. The van der Waals surface area contributed by atoms with Gasteiger partial charge in [-0.05, 0) is 73.3 Å². The van der Waals surface area contributed by atoms with Crippen LogP contribution in [-0.4, -0.2) is 10.5 Å². The molecule has 1 aliphatic carbocycles. The minimum absolute atomic E-state index is 0.164. The Morgan fingerprint density at radius 2 is 1.62 bits per heavy atom. The highest BCUT2D eigenvalue weighted by molar-refractivity contribution is 5.95. The summed E-state index contributed by atoms with van der Waals surface area (Å²) in [5.41, 5.74) is 12.7. The van der Waals surface area contributed by atoms with Crippen LogP contribution in [0.1, 0.15) is 87.6 Å². The largest absolute Gasteiger partial charge is 0.366 e. The lowest BCUT2D eigenvalue weighted by atomic mass is 9.63. The van der Waals surface area contributed by atoms with Crippen LogP contribution in [0, 0.1) is 6.92 Å². The third-order valence-corrected chi connectivity index (χ3v) is 6.22. The highest BCUT2D eigenvalue weighted by Crippen LogP contribution is 2.47. The Morgan fingerprint density at radius 1 is 1.04 bits per heavy atom. The van der Waals surface area contributed by atoms with Crippen LogP contribution in [0.5, 0.6) is 0 Å².